The Morgan fingerprint density at radius 2 is 1.92 bits per heavy atom. The lowest BCUT2D eigenvalue weighted by Gasteiger charge is -2.06. The number of imidazole rings is 1. The van der Waals surface area contributed by atoms with Crippen molar-refractivity contribution in [3.63, 3.8) is 0 Å². The van der Waals surface area contributed by atoms with E-state index >= 15 is 0 Å². The third-order valence-electron chi connectivity index (χ3n) is 3.94. The molecule has 3 rings (SSSR count). The molecule has 0 fully saturated rings. The molecule has 0 aliphatic heterocycles. The first kappa shape index (κ1) is 16.2. The fraction of sp³-hybridized carbons (Fsp3) is 0.263. The van der Waals surface area contributed by atoms with Gasteiger partial charge in [-0.05, 0) is 37.7 Å². The molecule has 0 unspecified atom stereocenters. The van der Waals surface area contributed by atoms with Gasteiger partial charge in [0.05, 0.1) is 11.0 Å². The number of hydrogen-bond donors (Lipinski definition) is 3. The van der Waals surface area contributed by atoms with Crippen molar-refractivity contribution < 1.29 is 4.79 Å². The van der Waals surface area contributed by atoms with E-state index in [0.29, 0.717) is 13.0 Å². The summed E-state index contributed by atoms with van der Waals surface area (Å²) in [6.07, 6.45) is 1.41. The Bertz CT molecular complexity index is 775. The molecule has 0 spiro atoms. The molecule has 1 aromatic heterocycles. The van der Waals surface area contributed by atoms with Gasteiger partial charge in [0, 0.05) is 18.5 Å². The minimum atomic E-state index is 0.0895. The van der Waals surface area contributed by atoms with Crippen LogP contribution in [0, 0.1) is 0 Å². The summed E-state index contributed by atoms with van der Waals surface area (Å²) in [6.45, 7) is 1.42. The van der Waals surface area contributed by atoms with Gasteiger partial charge < -0.3 is 15.6 Å². The van der Waals surface area contributed by atoms with Gasteiger partial charge in [0.25, 0.3) is 0 Å². The molecule has 0 bridgehead atoms. The van der Waals surface area contributed by atoms with Crippen LogP contribution in [0.3, 0.4) is 0 Å². The van der Waals surface area contributed by atoms with Crippen LogP contribution in [-0.2, 0) is 11.3 Å². The third kappa shape index (κ3) is 4.00. The molecule has 3 N–H and O–H groups in total. The predicted molar refractivity (Wildman–Crippen MR) is 96.5 cm³/mol. The number of H-pyrrole nitrogens is 1. The molecule has 124 valence electrons. The summed E-state index contributed by atoms with van der Waals surface area (Å²) in [5, 5.41) is 5.99. The van der Waals surface area contributed by atoms with Crippen LogP contribution >= 0.6 is 0 Å². The second-order valence-corrected chi connectivity index (χ2v) is 5.78. The topological polar surface area (TPSA) is 69.8 Å². The van der Waals surface area contributed by atoms with Gasteiger partial charge in [-0.25, -0.2) is 4.98 Å². The fourth-order valence-electron chi connectivity index (χ4n) is 2.58. The van der Waals surface area contributed by atoms with Gasteiger partial charge in [-0.1, -0.05) is 36.4 Å². The predicted octanol–water partition coefficient (Wildman–Crippen LogP) is 2.85. The highest BCUT2D eigenvalue weighted by atomic mass is 16.1. The average molecular weight is 322 g/mol. The number of aromatic nitrogens is 2. The quantitative estimate of drug-likeness (QED) is 0.586. The number of hydrogen-bond acceptors (Lipinski definition) is 3. The zero-order valence-electron chi connectivity index (χ0n) is 13.8. The Hall–Kier alpha value is -2.66. The molecular formula is C19H22N4O. The summed E-state index contributed by atoms with van der Waals surface area (Å²) in [5.41, 5.74) is 4.11. The Labute approximate surface area is 141 Å². The lowest BCUT2D eigenvalue weighted by molar-refractivity contribution is -0.121. The van der Waals surface area contributed by atoms with Crippen LogP contribution < -0.4 is 10.6 Å². The summed E-state index contributed by atoms with van der Waals surface area (Å²) >= 11 is 0. The number of fused-ring (bicyclic) bond motifs is 1. The number of nitrogens with one attached hydrogen (secondary N) is 3. The molecule has 5 nitrogen and oxygen atoms in total. The molecule has 2 aromatic carbocycles. The highest BCUT2D eigenvalue weighted by Crippen LogP contribution is 2.20. The number of carbonyl (C=O) groups is 1. The monoisotopic (exact) mass is 322 g/mol. The number of rotatable bonds is 7. The molecule has 3 aromatic rings. The summed E-state index contributed by atoms with van der Waals surface area (Å²) < 4.78 is 0. The third-order valence-corrected chi connectivity index (χ3v) is 3.94. The van der Waals surface area contributed by atoms with E-state index in [9.17, 15) is 4.79 Å². The van der Waals surface area contributed by atoms with Crippen molar-refractivity contribution in [1.82, 2.24) is 20.6 Å². The van der Waals surface area contributed by atoms with Crippen molar-refractivity contribution in [2.75, 3.05) is 13.6 Å². The van der Waals surface area contributed by atoms with Crippen LogP contribution in [0.25, 0.3) is 22.4 Å². The van der Waals surface area contributed by atoms with E-state index < -0.39 is 0 Å². The molecule has 0 saturated heterocycles. The van der Waals surface area contributed by atoms with E-state index in [2.05, 4.69) is 20.6 Å². The molecule has 0 atom stereocenters. The van der Waals surface area contributed by atoms with E-state index in [1.807, 2.05) is 55.6 Å². The Balaban J connectivity index is 1.60. The standard InChI is InChI=1S/C19H22N4O/c1-20-12-4-7-18(24)21-13-14-8-10-15(11-9-14)19-22-16-5-2-3-6-17(16)23-19/h2-3,5-6,8-11,20H,4,7,12-13H2,1H3,(H,21,24)(H,22,23). The van der Waals surface area contributed by atoms with Crippen molar-refractivity contribution in [3.05, 3.63) is 54.1 Å². The molecular weight excluding hydrogens is 300 g/mol. The van der Waals surface area contributed by atoms with E-state index in [1.54, 1.807) is 0 Å². The molecule has 0 aliphatic carbocycles. The van der Waals surface area contributed by atoms with E-state index in [-0.39, 0.29) is 5.91 Å². The zero-order chi connectivity index (χ0) is 16.8. The lowest BCUT2D eigenvalue weighted by atomic mass is 10.1. The molecule has 24 heavy (non-hydrogen) atoms. The maximum absolute atomic E-state index is 11.7. The summed E-state index contributed by atoms with van der Waals surface area (Å²) in [4.78, 5) is 19.6. The zero-order valence-corrected chi connectivity index (χ0v) is 13.8. The van der Waals surface area contributed by atoms with E-state index in [1.165, 1.54) is 0 Å². The Morgan fingerprint density at radius 1 is 1.12 bits per heavy atom. The molecule has 0 aliphatic rings. The SMILES string of the molecule is CNCCCC(=O)NCc1ccc(-c2nc3ccccc3[nH]2)cc1. The highest BCUT2D eigenvalue weighted by molar-refractivity contribution is 5.79. The first-order valence-corrected chi connectivity index (χ1v) is 8.21. The summed E-state index contributed by atoms with van der Waals surface area (Å²) in [7, 11) is 1.89. The first-order chi connectivity index (χ1) is 11.8. The minimum absolute atomic E-state index is 0.0895. The summed E-state index contributed by atoms with van der Waals surface area (Å²) in [5.74, 6) is 0.950. The van der Waals surface area contributed by atoms with Gasteiger partial charge in [-0.15, -0.1) is 0 Å². The fourth-order valence-corrected chi connectivity index (χ4v) is 2.58. The normalized spacial score (nSPS) is 10.9. The molecule has 1 heterocycles. The molecule has 5 heteroatoms. The molecule has 0 saturated carbocycles. The van der Waals surface area contributed by atoms with Crippen LogP contribution in [0.4, 0.5) is 0 Å². The van der Waals surface area contributed by atoms with Crippen molar-refractivity contribution in [3.8, 4) is 11.4 Å². The van der Waals surface area contributed by atoms with Gasteiger partial charge in [-0.3, -0.25) is 4.79 Å². The van der Waals surface area contributed by atoms with Crippen LogP contribution in [0.2, 0.25) is 0 Å². The number of carbonyl (C=O) groups excluding carboxylic acids is 1. The van der Waals surface area contributed by atoms with Gasteiger partial charge in [-0.2, -0.15) is 0 Å². The Morgan fingerprint density at radius 3 is 2.67 bits per heavy atom. The maximum atomic E-state index is 11.7. The van der Waals surface area contributed by atoms with Crippen molar-refractivity contribution in [2.45, 2.75) is 19.4 Å². The van der Waals surface area contributed by atoms with Crippen LogP contribution in [-0.4, -0.2) is 29.5 Å². The van der Waals surface area contributed by atoms with E-state index in [4.69, 9.17) is 0 Å². The first-order valence-electron chi connectivity index (χ1n) is 8.21. The van der Waals surface area contributed by atoms with Crippen LogP contribution in [0.15, 0.2) is 48.5 Å². The summed E-state index contributed by atoms with van der Waals surface area (Å²) in [6, 6.07) is 16.1. The number of nitrogens with zero attached hydrogens (tertiary/aromatic N) is 1. The number of benzene rings is 2. The van der Waals surface area contributed by atoms with Crippen LogP contribution in [0.5, 0.6) is 0 Å². The van der Waals surface area contributed by atoms with Crippen molar-refractivity contribution in [2.24, 2.45) is 0 Å². The molecule has 0 radical (unpaired) electrons. The molecule has 1 amide bonds. The number of amides is 1. The minimum Gasteiger partial charge on any atom is -0.352 e. The van der Waals surface area contributed by atoms with Gasteiger partial charge in [0.2, 0.25) is 5.91 Å². The van der Waals surface area contributed by atoms with Gasteiger partial charge >= 0.3 is 0 Å². The smallest absolute Gasteiger partial charge is 0.220 e. The highest BCUT2D eigenvalue weighted by Gasteiger charge is 2.05. The lowest BCUT2D eigenvalue weighted by Crippen LogP contribution is -2.23. The number of aromatic amines is 1. The Kier molecular flexibility index (Phi) is 5.23. The van der Waals surface area contributed by atoms with Crippen molar-refractivity contribution >= 4 is 16.9 Å². The van der Waals surface area contributed by atoms with E-state index in [0.717, 1.165) is 41.0 Å². The van der Waals surface area contributed by atoms with Gasteiger partial charge in [0.15, 0.2) is 0 Å². The number of para-hydroxylation sites is 2. The van der Waals surface area contributed by atoms with Crippen molar-refractivity contribution in [1.29, 1.82) is 0 Å². The second kappa shape index (κ2) is 7.75. The largest absolute Gasteiger partial charge is 0.352 e. The van der Waals surface area contributed by atoms with Crippen LogP contribution in [0.1, 0.15) is 18.4 Å². The van der Waals surface area contributed by atoms with Gasteiger partial charge in [0.1, 0.15) is 5.82 Å². The maximum Gasteiger partial charge on any atom is 0.220 e. The average Bonchev–Trinajstić information content (AvgIpc) is 3.05. The second-order valence-electron chi connectivity index (χ2n) is 5.78.